The minimum absolute atomic E-state index is 0.557. The fraction of sp³-hybridized carbons (Fsp3) is 0.471. The van der Waals surface area contributed by atoms with Gasteiger partial charge in [-0.3, -0.25) is 0 Å². The fourth-order valence-electron chi connectivity index (χ4n) is 2.37. The van der Waals surface area contributed by atoms with E-state index in [4.69, 9.17) is 0 Å². The van der Waals surface area contributed by atoms with Crippen LogP contribution < -0.4 is 5.32 Å². The topological polar surface area (TPSA) is 24.9 Å². The van der Waals surface area contributed by atoms with Crippen molar-refractivity contribution in [2.75, 3.05) is 6.54 Å². The van der Waals surface area contributed by atoms with E-state index >= 15 is 0 Å². The Labute approximate surface area is 126 Å². The summed E-state index contributed by atoms with van der Waals surface area (Å²) in [5.74, 6) is 1.19. The molecule has 0 aliphatic heterocycles. The fourth-order valence-corrected chi connectivity index (χ4v) is 3.20. The zero-order valence-corrected chi connectivity index (χ0v) is 13.4. The Morgan fingerprint density at radius 3 is 2.55 bits per heavy atom. The van der Waals surface area contributed by atoms with E-state index in [0.717, 1.165) is 19.5 Å². The van der Waals surface area contributed by atoms with Crippen LogP contribution in [0, 0.1) is 5.92 Å². The smallest absolute Gasteiger partial charge is 0.107 e. The molecule has 2 nitrogen and oxygen atoms in total. The zero-order chi connectivity index (χ0) is 14.4. The highest BCUT2D eigenvalue weighted by Gasteiger charge is 2.15. The standard InChI is InChI=1S/C17H24N2S/c1-4-15-10-19-17(20-15)12-18-11-16(13(2)3)14-8-6-5-7-9-14/h5-10,13,16,18H,4,11-12H2,1-3H3. The molecule has 2 aromatic rings. The van der Waals surface area contributed by atoms with Crippen molar-refractivity contribution in [2.45, 2.75) is 39.7 Å². The highest BCUT2D eigenvalue weighted by Crippen LogP contribution is 2.23. The summed E-state index contributed by atoms with van der Waals surface area (Å²) >= 11 is 1.82. The van der Waals surface area contributed by atoms with Crippen LogP contribution in [-0.2, 0) is 13.0 Å². The number of aromatic nitrogens is 1. The quantitative estimate of drug-likeness (QED) is 0.824. The molecule has 0 spiro atoms. The van der Waals surface area contributed by atoms with Crippen molar-refractivity contribution in [1.82, 2.24) is 10.3 Å². The summed E-state index contributed by atoms with van der Waals surface area (Å²) < 4.78 is 0. The third kappa shape index (κ3) is 4.15. The molecule has 1 aromatic carbocycles. The molecular weight excluding hydrogens is 264 g/mol. The van der Waals surface area contributed by atoms with Gasteiger partial charge in [-0.25, -0.2) is 4.98 Å². The molecular formula is C17H24N2S. The van der Waals surface area contributed by atoms with Gasteiger partial charge < -0.3 is 5.32 Å². The van der Waals surface area contributed by atoms with Crippen LogP contribution >= 0.6 is 11.3 Å². The Kier molecular flexibility index (Phi) is 5.74. The Morgan fingerprint density at radius 1 is 1.20 bits per heavy atom. The minimum Gasteiger partial charge on any atom is -0.310 e. The molecule has 1 unspecified atom stereocenters. The second-order valence-corrected chi connectivity index (χ2v) is 6.67. The van der Waals surface area contributed by atoms with Gasteiger partial charge in [0, 0.05) is 24.2 Å². The molecule has 0 saturated heterocycles. The summed E-state index contributed by atoms with van der Waals surface area (Å²) in [6.07, 6.45) is 3.08. The molecule has 20 heavy (non-hydrogen) atoms. The SMILES string of the molecule is CCc1cnc(CNCC(c2ccccc2)C(C)C)s1. The molecule has 2 rings (SSSR count). The lowest BCUT2D eigenvalue weighted by molar-refractivity contribution is 0.461. The molecule has 108 valence electrons. The van der Waals surface area contributed by atoms with E-state index in [0.29, 0.717) is 11.8 Å². The van der Waals surface area contributed by atoms with Crippen LogP contribution in [0.15, 0.2) is 36.5 Å². The number of benzene rings is 1. The first-order valence-corrected chi connectivity index (χ1v) is 8.21. The first-order valence-electron chi connectivity index (χ1n) is 7.40. The number of hydrogen-bond donors (Lipinski definition) is 1. The Bertz CT molecular complexity index is 505. The third-order valence-electron chi connectivity index (χ3n) is 3.62. The van der Waals surface area contributed by atoms with Crippen LogP contribution in [0.5, 0.6) is 0 Å². The number of rotatable bonds is 7. The van der Waals surface area contributed by atoms with Crippen molar-refractivity contribution < 1.29 is 0 Å². The summed E-state index contributed by atoms with van der Waals surface area (Å²) in [7, 11) is 0. The van der Waals surface area contributed by atoms with Gasteiger partial charge in [0.15, 0.2) is 0 Å². The second-order valence-electron chi connectivity index (χ2n) is 5.47. The van der Waals surface area contributed by atoms with E-state index in [1.54, 1.807) is 0 Å². The van der Waals surface area contributed by atoms with Gasteiger partial charge in [-0.15, -0.1) is 11.3 Å². The van der Waals surface area contributed by atoms with E-state index in [1.807, 2.05) is 17.5 Å². The minimum atomic E-state index is 0.557. The lowest BCUT2D eigenvalue weighted by atomic mass is 9.88. The third-order valence-corrected chi connectivity index (χ3v) is 4.76. The average molecular weight is 288 g/mol. The van der Waals surface area contributed by atoms with Gasteiger partial charge in [-0.2, -0.15) is 0 Å². The predicted molar refractivity (Wildman–Crippen MR) is 87.2 cm³/mol. The van der Waals surface area contributed by atoms with Crippen LogP contribution in [0.4, 0.5) is 0 Å². The highest BCUT2D eigenvalue weighted by molar-refractivity contribution is 7.11. The number of nitrogens with zero attached hydrogens (tertiary/aromatic N) is 1. The van der Waals surface area contributed by atoms with Crippen molar-refractivity contribution in [2.24, 2.45) is 5.92 Å². The molecule has 0 aliphatic carbocycles. The van der Waals surface area contributed by atoms with Gasteiger partial charge >= 0.3 is 0 Å². The van der Waals surface area contributed by atoms with Gasteiger partial charge in [-0.05, 0) is 23.8 Å². The van der Waals surface area contributed by atoms with Crippen molar-refractivity contribution in [1.29, 1.82) is 0 Å². The van der Waals surface area contributed by atoms with Crippen LogP contribution in [0.3, 0.4) is 0 Å². The van der Waals surface area contributed by atoms with E-state index in [-0.39, 0.29) is 0 Å². The maximum absolute atomic E-state index is 4.46. The monoisotopic (exact) mass is 288 g/mol. The van der Waals surface area contributed by atoms with Gasteiger partial charge in [-0.1, -0.05) is 51.1 Å². The highest BCUT2D eigenvalue weighted by atomic mass is 32.1. The first-order chi connectivity index (χ1) is 9.70. The Morgan fingerprint density at radius 2 is 1.95 bits per heavy atom. The molecule has 1 N–H and O–H groups in total. The molecule has 1 heterocycles. The van der Waals surface area contributed by atoms with E-state index in [1.165, 1.54) is 15.4 Å². The van der Waals surface area contributed by atoms with Crippen molar-refractivity contribution in [3.63, 3.8) is 0 Å². The molecule has 1 atom stereocenters. The first kappa shape index (κ1) is 15.2. The average Bonchev–Trinajstić information content (AvgIpc) is 2.92. The predicted octanol–water partition coefficient (Wildman–Crippen LogP) is 4.23. The largest absolute Gasteiger partial charge is 0.310 e. The molecule has 0 aliphatic rings. The summed E-state index contributed by atoms with van der Waals surface area (Å²) in [6.45, 7) is 8.63. The van der Waals surface area contributed by atoms with Crippen LogP contribution in [0.1, 0.15) is 42.1 Å². The summed E-state index contributed by atoms with van der Waals surface area (Å²) in [4.78, 5) is 5.82. The molecule has 0 radical (unpaired) electrons. The molecule has 0 fully saturated rings. The number of hydrogen-bond acceptors (Lipinski definition) is 3. The Hall–Kier alpha value is -1.19. The zero-order valence-electron chi connectivity index (χ0n) is 12.6. The normalized spacial score (nSPS) is 12.8. The summed E-state index contributed by atoms with van der Waals surface area (Å²) in [5.41, 5.74) is 1.42. The van der Waals surface area contributed by atoms with Crippen molar-refractivity contribution >= 4 is 11.3 Å². The van der Waals surface area contributed by atoms with Crippen molar-refractivity contribution in [3.05, 3.63) is 52.0 Å². The van der Waals surface area contributed by atoms with E-state index < -0.39 is 0 Å². The number of aryl methyl sites for hydroxylation is 1. The number of thiazole rings is 1. The Balaban J connectivity index is 1.90. The molecule has 0 saturated carbocycles. The van der Waals surface area contributed by atoms with Gasteiger partial charge in [0.05, 0.1) is 0 Å². The van der Waals surface area contributed by atoms with Crippen LogP contribution in [-0.4, -0.2) is 11.5 Å². The molecule has 1 aromatic heterocycles. The maximum Gasteiger partial charge on any atom is 0.107 e. The van der Waals surface area contributed by atoms with E-state index in [2.05, 4.69) is 61.4 Å². The van der Waals surface area contributed by atoms with Gasteiger partial charge in [0.25, 0.3) is 0 Å². The van der Waals surface area contributed by atoms with Crippen LogP contribution in [0.25, 0.3) is 0 Å². The lowest BCUT2D eigenvalue weighted by Gasteiger charge is -2.21. The van der Waals surface area contributed by atoms with Gasteiger partial charge in [0.2, 0.25) is 0 Å². The van der Waals surface area contributed by atoms with Crippen LogP contribution in [0.2, 0.25) is 0 Å². The number of nitrogens with one attached hydrogen (secondary N) is 1. The molecule has 0 amide bonds. The molecule has 3 heteroatoms. The van der Waals surface area contributed by atoms with E-state index in [9.17, 15) is 0 Å². The molecule has 0 bridgehead atoms. The lowest BCUT2D eigenvalue weighted by Crippen LogP contribution is -2.24. The van der Waals surface area contributed by atoms with Crippen molar-refractivity contribution in [3.8, 4) is 0 Å². The summed E-state index contributed by atoms with van der Waals surface area (Å²) in [5, 5.41) is 4.76. The summed E-state index contributed by atoms with van der Waals surface area (Å²) in [6, 6.07) is 10.8. The van der Waals surface area contributed by atoms with Gasteiger partial charge in [0.1, 0.15) is 5.01 Å². The maximum atomic E-state index is 4.46. The second kappa shape index (κ2) is 7.55.